The van der Waals surface area contributed by atoms with E-state index in [-0.39, 0.29) is 6.10 Å². The van der Waals surface area contributed by atoms with Gasteiger partial charge in [-0.25, -0.2) is 0 Å². The molecule has 1 saturated carbocycles. The van der Waals surface area contributed by atoms with Gasteiger partial charge in [0.2, 0.25) is 0 Å². The van der Waals surface area contributed by atoms with E-state index in [1.54, 1.807) is 0 Å². The van der Waals surface area contributed by atoms with Crippen LogP contribution in [0, 0.1) is 5.92 Å². The third-order valence-corrected chi connectivity index (χ3v) is 4.10. The minimum atomic E-state index is -0.638. The summed E-state index contributed by atoms with van der Waals surface area (Å²) in [5.74, 6) is 1.61. The zero-order chi connectivity index (χ0) is 13.9. The van der Waals surface area contributed by atoms with Crippen LogP contribution in [-0.4, -0.2) is 11.2 Å². The largest absolute Gasteiger partial charge is 0.491 e. The number of benzene rings is 1. The second-order valence-electron chi connectivity index (χ2n) is 6.26. The molecule has 0 saturated heterocycles. The van der Waals surface area contributed by atoms with E-state index in [1.807, 2.05) is 38.1 Å². The molecule has 2 nitrogen and oxygen atoms in total. The summed E-state index contributed by atoms with van der Waals surface area (Å²) in [5.41, 5.74) is 0.402. The quantitative estimate of drug-likeness (QED) is 0.825. The lowest BCUT2D eigenvalue weighted by Gasteiger charge is -2.27. The van der Waals surface area contributed by atoms with Crippen molar-refractivity contribution in [2.45, 2.75) is 64.6 Å². The summed E-state index contributed by atoms with van der Waals surface area (Å²) in [4.78, 5) is 0. The molecule has 0 amide bonds. The smallest absolute Gasteiger partial charge is 0.119 e. The fourth-order valence-corrected chi connectivity index (χ4v) is 2.90. The Morgan fingerprint density at radius 3 is 2.47 bits per heavy atom. The highest BCUT2D eigenvalue weighted by Crippen LogP contribution is 2.38. The van der Waals surface area contributed by atoms with E-state index in [0.717, 1.165) is 42.9 Å². The fourth-order valence-electron chi connectivity index (χ4n) is 2.90. The van der Waals surface area contributed by atoms with Crippen molar-refractivity contribution in [2.24, 2.45) is 5.92 Å². The normalized spacial score (nSPS) is 28.2. The molecule has 1 aromatic carbocycles. The molecule has 2 unspecified atom stereocenters. The highest BCUT2D eigenvalue weighted by atomic mass is 16.5. The van der Waals surface area contributed by atoms with Crippen molar-refractivity contribution in [3.63, 3.8) is 0 Å². The maximum Gasteiger partial charge on any atom is 0.119 e. The maximum absolute atomic E-state index is 10.9. The third kappa shape index (κ3) is 3.73. The summed E-state index contributed by atoms with van der Waals surface area (Å²) >= 11 is 0. The Labute approximate surface area is 116 Å². The van der Waals surface area contributed by atoms with Crippen LogP contribution in [0.2, 0.25) is 0 Å². The van der Waals surface area contributed by atoms with Crippen LogP contribution >= 0.6 is 0 Å². The van der Waals surface area contributed by atoms with Crippen LogP contribution in [0.15, 0.2) is 24.3 Å². The number of rotatable bonds is 3. The first-order chi connectivity index (χ1) is 8.99. The van der Waals surface area contributed by atoms with Gasteiger partial charge in [0.05, 0.1) is 11.7 Å². The molecule has 1 aliphatic carbocycles. The first-order valence-electron chi connectivity index (χ1n) is 7.49. The Morgan fingerprint density at radius 2 is 1.84 bits per heavy atom. The van der Waals surface area contributed by atoms with Gasteiger partial charge < -0.3 is 9.84 Å². The van der Waals surface area contributed by atoms with E-state index < -0.39 is 5.60 Å². The highest BCUT2D eigenvalue weighted by molar-refractivity contribution is 5.31. The van der Waals surface area contributed by atoms with Gasteiger partial charge in [-0.05, 0) is 63.1 Å². The first kappa shape index (κ1) is 14.4. The van der Waals surface area contributed by atoms with Crippen molar-refractivity contribution >= 4 is 0 Å². The van der Waals surface area contributed by atoms with Gasteiger partial charge in [0, 0.05) is 0 Å². The van der Waals surface area contributed by atoms with Crippen LogP contribution < -0.4 is 4.74 Å². The summed E-state index contributed by atoms with van der Waals surface area (Å²) < 4.78 is 5.65. The van der Waals surface area contributed by atoms with E-state index in [0.29, 0.717) is 0 Å². The van der Waals surface area contributed by atoms with Crippen molar-refractivity contribution in [3.8, 4) is 5.75 Å². The molecule has 1 aromatic rings. The monoisotopic (exact) mass is 262 g/mol. The minimum Gasteiger partial charge on any atom is -0.491 e. The van der Waals surface area contributed by atoms with E-state index >= 15 is 0 Å². The summed E-state index contributed by atoms with van der Waals surface area (Å²) in [5, 5.41) is 10.9. The molecular formula is C17H26O2. The summed E-state index contributed by atoms with van der Waals surface area (Å²) in [6.45, 7) is 6.33. The number of hydrogen-bond acceptors (Lipinski definition) is 2. The summed E-state index contributed by atoms with van der Waals surface area (Å²) in [6.07, 6.45) is 5.40. The fraction of sp³-hybridized carbons (Fsp3) is 0.647. The molecule has 1 aliphatic rings. The Hall–Kier alpha value is -1.02. The molecule has 1 fully saturated rings. The van der Waals surface area contributed by atoms with Crippen LogP contribution in [0.5, 0.6) is 5.75 Å². The SMILES string of the molecule is CC1CCCC(O)(c2ccc(OC(C)C)cc2)CC1. The van der Waals surface area contributed by atoms with Gasteiger partial charge >= 0.3 is 0 Å². The van der Waals surface area contributed by atoms with E-state index in [1.165, 1.54) is 6.42 Å². The van der Waals surface area contributed by atoms with Gasteiger partial charge in [0.25, 0.3) is 0 Å². The molecule has 2 atom stereocenters. The van der Waals surface area contributed by atoms with Crippen molar-refractivity contribution < 1.29 is 9.84 Å². The van der Waals surface area contributed by atoms with Crippen molar-refractivity contribution in [2.75, 3.05) is 0 Å². The van der Waals surface area contributed by atoms with Gasteiger partial charge in [0.1, 0.15) is 5.75 Å². The predicted octanol–water partition coefficient (Wildman–Crippen LogP) is 4.26. The van der Waals surface area contributed by atoms with E-state index in [4.69, 9.17) is 4.74 Å². The average molecular weight is 262 g/mol. The lowest BCUT2D eigenvalue weighted by atomic mass is 9.86. The standard InChI is InChI=1S/C17H26O2/c1-13(2)19-16-8-6-15(7-9-16)17(18)11-4-5-14(3)10-12-17/h6-9,13-14,18H,4-5,10-12H2,1-3H3. The Bertz CT molecular complexity index is 396. The predicted molar refractivity (Wildman–Crippen MR) is 78.4 cm³/mol. The topological polar surface area (TPSA) is 29.5 Å². The molecule has 19 heavy (non-hydrogen) atoms. The lowest BCUT2D eigenvalue weighted by Crippen LogP contribution is -2.24. The third-order valence-electron chi connectivity index (χ3n) is 4.10. The zero-order valence-electron chi connectivity index (χ0n) is 12.4. The maximum atomic E-state index is 10.9. The second kappa shape index (κ2) is 5.96. The molecular weight excluding hydrogens is 236 g/mol. The van der Waals surface area contributed by atoms with Gasteiger partial charge in [-0.1, -0.05) is 25.5 Å². The van der Waals surface area contributed by atoms with Crippen LogP contribution in [0.3, 0.4) is 0 Å². The second-order valence-corrected chi connectivity index (χ2v) is 6.26. The van der Waals surface area contributed by atoms with Gasteiger partial charge in [0.15, 0.2) is 0 Å². The molecule has 2 rings (SSSR count). The molecule has 0 aromatic heterocycles. The number of aliphatic hydroxyl groups is 1. The van der Waals surface area contributed by atoms with Crippen LogP contribution in [-0.2, 0) is 5.60 Å². The number of hydrogen-bond donors (Lipinski definition) is 1. The lowest BCUT2D eigenvalue weighted by molar-refractivity contribution is 0.0198. The highest BCUT2D eigenvalue weighted by Gasteiger charge is 2.31. The molecule has 1 N–H and O–H groups in total. The average Bonchev–Trinajstić information content (AvgIpc) is 2.53. The molecule has 106 valence electrons. The Balaban J connectivity index is 2.11. The van der Waals surface area contributed by atoms with Gasteiger partial charge in [-0.2, -0.15) is 0 Å². The molecule has 0 bridgehead atoms. The first-order valence-corrected chi connectivity index (χ1v) is 7.49. The number of ether oxygens (including phenoxy) is 1. The van der Waals surface area contributed by atoms with Crippen LogP contribution in [0.25, 0.3) is 0 Å². The molecule has 0 spiro atoms. The van der Waals surface area contributed by atoms with Crippen molar-refractivity contribution in [3.05, 3.63) is 29.8 Å². The Kier molecular flexibility index (Phi) is 4.51. The van der Waals surface area contributed by atoms with Gasteiger partial charge in [-0.3, -0.25) is 0 Å². The molecule has 0 aliphatic heterocycles. The van der Waals surface area contributed by atoms with Crippen LogP contribution in [0.1, 0.15) is 58.4 Å². The van der Waals surface area contributed by atoms with Crippen molar-refractivity contribution in [1.82, 2.24) is 0 Å². The zero-order valence-corrected chi connectivity index (χ0v) is 12.4. The summed E-state index contributed by atoms with van der Waals surface area (Å²) in [6, 6.07) is 7.99. The van der Waals surface area contributed by atoms with Gasteiger partial charge in [-0.15, -0.1) is 0 Å². The Morgan fingerprint density at radius 1 is 1.16 bits per heavy atom. The van der Waals surface area contributed by atoms with E-state index in [2.05, 4.69) is 6.92 Å². The van der Waals surface area contributed by atoms with Crippen LogP contribution in [0.4, 0.5) is 0 Å². The molecule has 0 heterocycles. The minimum absolute atomic E-state index is 0.188. The summed E-state index contributed by atoms with van der Waals surface area (Å²) in [7, 11) is 0. The van der Waals surface area contributed by atoms with Crippen molar-refractivity contribution in [1.29, 1.82) is 0 Å². The molecule has 2 heteroatoms. The molecule has 0 radical (unpaired) electrons. The van der Waals surface area contributed by atoms with E-state index in [9.17, 15) is 5.11 Å².